The summed E-state index contributed by atoms with van der Waals surface area (Å²) in [6, 6.07) is 8.86. The van der Waals surface area contributed by atoms with Gasteiger partial charge in [-0.2, -0.15) is 0 Å². The molecule has 11 heavy (non-hydrogen) atoms. The molecule has 0 fully saturated rings. The fourth-order valence-corrected chi connectivity index (χ4v) is 0.630. The average molecular weight is 314 g/mol. The zero-order chi connectivity index (χ0) is 7.40. The van der Waals surface area contributed by atoms with E-state index >= 15 is 0 Å². The van der Waals surface area contributed by atoms with Crippen LogP contribution in [0.1, 0.15) is 0 Å². The van der Waals surface area contributed by atoms with Crippen LogP contribution in [0.4, 0.5) is 10.5 Å². The van der Waals surface area contributed by atoms with E-state index in [2.05, 4.69) is 5.32 Å². The summed E-state index contributed by atoms with van der Waals surface area (Å²) in [5.41, 5.74) is 0.593. The van der Waals surface area contributed by atoms with Crippen molar-refractivity contribution < 1.29 is 25.9 Å². The molecule has 0 N–H and O–H groups in total. The van der Waals surface area contributed by atoms with Crippen LogP contribution in [0.15, 0.2) is 30.3 Å². The topological polar surface area (TPSA) is 31.2 Å². The summed E-state index contributed by atoms with van der Waals surface area (Å²) in [6.45, 7) is 0. The minimum Gasteiger partial charge on any atom is -0.637 e. The van der Waals surface area contributed by atoms with E-state index in [0.717, 1.165) is 0 Å². The molecule has 1 amide bonds. The molecule has 1 rings (SSSR count). The molecular weight excluding hydrogens is 309 g/mol. The number of rotatable bonds is 1. The maximum atomic E-state index is 10.2. The zero-order valence-corrected chi connectivity index (χ0v) is 8.66. The zero-order valence-electron chi connectivity index (χ0n) is 5.73. The summed E-state index contributed by atoms with van der Waals surface area (Å²) in [4.78, 5) is 10.2. The van der Waals surface area contributed by atoms with Crippen molar-refractivity contribution in [1.82, 2.24) is 0 Å². The van der Waals surface area contributed by atoms with Crippen LogP contribution in [0.3, 0.4) is 0 Å². The second-order valence-corrected chi connectivity index (χ2v) is 1.79. The summed E-state index contributed by atoms with van der Waals surface area (Å²) in [6.07, 6.45) is 0. The average Bonchev–Trinajstić information content (AvgIpc) is 1.88. The van der Waals surface area contributed by atoms with Gasteiger partial charge < -0.3 is 10.1 Å². The number of carbonyl (C=O) groups excluding carboxylic acids is 1. The van der Waals surface area contributed by atoms with E-state index in [-0.39, 0.29) is 21.1 Å². The molecule has 0 aromatic heterocycles. The first kappa shape index (κ1) is 10.4. The molecule has 0 unspecified atom stereocenters. The van der Waals surface area contributed by atoms with Gasteiger partial charge in [-0.15, -0.1) is 5.69 Å². The number of amides is 1. The molecule has 0 bridgehead atoms. The van der Waals surface area contributed by atoms with E-state index in [1.165, 1.54) is 0 Å². The molecule has 1 aromatic rings. The SMILES string of the molecule is [B]C(=O)[N-]c1ccccc1.[W]. The molecule has 0 aliphatic rings. The van der Waals surface area contributed by atoms with E-state index in [1.807, 2.05) is 6.07 Å². The van der Waals surface area contributed by atoms with Gasteiger partial charge in [0.05, 0.1) is 0 Å². The summed E-state index contributed by atoms with van der Waals surface area (Å²) >= 11 is 0. The number of nitrogens with zero attached hydrogens (tertiary/aromatic N) is 1. The first-order valence-electron chi connectivity index (χ1n) is 2.85. The van der Waals surface area contributed by atoms with Gasteiger partial charge in [0.15, 0.2) is 0 Å². The first-order valence-corrected chi connectivity index (χ1v) is 2.85. The molecule has 0 aliphatic carbocycles. The Bertz CT molecular complexity index is 227. The number of hydrogen-bond donors (Lipinski definition) is 0. The van der Waals surface area contributed by atoms with Crippen LogP contribution in [0.2, 0.25) is 0 Å². The molecule has 2 nitrogen and oxygen atoms in total. The Morgan fingerprint density at radius 3 is 2.27 bits per heavy atom. The van der Waals surface area contributed by atoms with Gasteiger partial charge in [-0.25, -0.2) is 0 Å². The smallest absolute Gasteiger partial charge is 0.139 e. The molecule has 4 heteroatoms. The molecule has 54 valence electrons. The third-order valence-corrected chi connectivity index (χ3v) is 0.995. The molecule has 0 aliphatic heterocycles. The van der Waals surface area contributed by atoms with Gasteiger partial charge in [0.1, 0.15) is 7.85 Å². The van der Waals surface area contributed by atoms with Gasteiger partial charge in [0.2, 0.25) is 0 Å². The molecule has 0 spiro atoms. The minimum absolute atomic E-state index is 0. The predicted molar refractivity (Wildman–Crippen MR) is 40.6 cm³/mol. The molecule has 2 radical (unpaired) electrons. The Balaban J connectivity index is 0.000001000. The van der Waals surface area contributed by atoms with Crippen molar-refractivity contribution in [2.24, 2.45) is 0 Å². The maximum Gasteiger partial charge on any atom is 0.139 e. The normalized spacial score (nSPS) is 8.00. The largest absolute Gasteiger partial charge is 0.637 e. The second-order valence-electron chi connectivity index (χ2n) is 1.79. The van der Waals surface area contributed by atoms with E-state index in [4.69, 9.17) is 7.85 Å². The first-order chi connectivity index (χ1) is 4.79. The van der Waals surface area contributed by atoms with Crippen LogP contribution >= 0.6 is 0 Å². The monoisotopic (exact) mass is 314 g/mol. The van der Waals surface area contributed by atoms with Crippen molar-refractivity contribution >= 4 is 19.3 Å². The molecule has 0 saturated carbocycles. The number of para-hydroxylation sites is 1. The maximum absolute atomic E-state index is 10.2. The van der Waals surface area contributed by atoms with Gasteiger partial charge >= 0.3 is 0 Å². The third-order valence-electron chi connectivity index (χ3n) is 0.995. The minimum atomic E-state index is -0.661. The standard InChI is InChI=1S/C7H6BNO.W/c8-7(10)9-6-4-2-1-3-5-6;/h1-5H,(H,9,10);/p-1. The van der Waals surface area contributed by atoms with Crippen molar-refractivity contribution in [1.29, 1.82) is 0 Å². The Morgan fingerprint density at radius 2 is 1.82 bits per heavy atom. The van der Waals surface area contributed by atoms with Crippen molar-refractivity contribution in [3.05, 3.63) is 35.6 Å². The van der Waals surface area contributed by atoms with Crippen molar-refractivity contribution in [2.75, 3.05) is 0 Å². The van der Waals surface area contributed by atoms with Crippen LogP contribution in [-0.4, -0.2) is 13.7 Å². The summed E-state index contributed by atoms with van der Waals surface area (Å²) in [5.74, 6) is -0.661. The number of carbonyl (C=O) groups is 1. The van der Waals surface area contributed by atoms with E-state index < -0.39 is 5.81 Å². The van der Waals surface area contributed by atoms with Crippen LogP contribution in [0.25, 0.3) is 5.32 Å². The van der Waals surface area contributed by atoms with Crippen LogP contribution in [0.5, 0.6) is 0 Å². The van der Waals surface area contributed by atoms with E-state index in [9.17, 15) is 4.79 Å². The summed E-state index contributed by atoms with van der Waals surface area (Å²) in [7, 11) is 4.82. The Labute approximate surface area is 81.0 Å². The molecule has 0 saturated heterocycles. The fraction of sp³-hybridized carbons (Fsp3) is 0. The molecule has 1 aromatic carbocycles. The van der Waals surface area contributed by atoms with Gasteiger partial charge in [-0.3, -0.25) is 0 Å². The van der Waals surface area contributed by atoms with Crippen LogP contribution in [-0.2, 0) is 21.1 Å². The van der Waals surface area contributed by atoms with Gasteiger partial charge in [0.25, 0.3) is 0 Å². The van der Waals surface area contributed by atoms with Gasteiger partial charge in [0, 0.05) is 21.1 Å². The Kier molecular flexibility index (Phi) is 4.88. The van der Waals surface area contributed by atoms with Crippen molar-refractivity contribution in [3.8, 4) is 0 Å². The van der Waals surface area contributed by atoms with Crippen molar-refractivity contribution in [2.45, 2.75) is 0 Å². The number of benzene rings is 1. The Morgan fingerprint density at radius 1 is 1.27 bits per heavy atom. The van der Waals surface area contributed by atoms with Crippen molar-refractivity contribution in [3.63, 3.8) is 0 Å². The molecule has 0 heterocycles. The quantitative estimate of drug-likeness (QED) is 0.729. The van der Waals surface area contributed by atoms with Gasteiger partial charge in [-0.05, 0) is 5.81 Å². The number of hydrogen-bond acceptors (Lipinski definition) is 1. The Hall–Kier alpha value is -0.557. The van der Waals surface area contributed by atoms with Gasteiger partial charge in [-0.1, -0.05) is 30.3 Å². The van der Waals surface area contributed by atoms with Crippen LogP contribution in [0, 0.1) is 0 Å². The predicted octanol–water partition coefficient (Wildman–Crippen LogP) is 1.98. The van der Waals surface area contributed by atoms with Crippen LogP contribution < -0.4 is 0 Å². The second kappa shape index (κ2) is 5.14. The van der Waals surface area contributed by atoms with E-state index in [0.29, 0.717) is 5.69 Å². The summed E-state index contributed by atoms with van der Waals surface area (Å²) in [5, 5.41) is 3.50. The third kappa shape index (κ3) is 4.00. The molecule has 0 atom stereocenters. The summed E-state index contributed by atoms with van der Waals surface area (Å²) < 4.78 is 0. The molecular formula is C7H5BNOW-. The van der Waals surface area contributed by atoms with E-state index in [1.54, 1.807) is 24.3 Å². The fourth-order valence-electron chi connectivity index (χ4n) is 0.630.